The number of hydrogen-bond donors (Lipinski definition) is 1. The minimum absolute atomic E-state index is 0.0979. The van der Waals surface area contributed by atoms with Gasteiger partial charge < -0.3 is 9.84 Å². The van der Waals surface area contributed by atoms with Crippen molar-refractivity contribution in [3.05, 3.63) is 58.1 Å². The zero-order chi connectivity index (χ0) is 14.0. The van der Waals surface area contributed by atoms with Gasteiger partial charge in [-0.05, 0) is 41.1 Å². The molecular weight excluding hydrogens is 318 g/mol. The largest absolute Gasteiger partial charge is 0.454 e. The third-order valence-corrected chi connectivity index (χ3v) is 3.20. The van der Waals surface area contributed by atoms with Crippen molar-refractivity contribution in [1.82, 2.24) is 0 Å². The second-order valence-corrected chi connectivity index (χ2v) is 4.87. The molecule has 19 heavy (non-hydrogen) atoms. The number of aliphatic hydroxyl groups excluding tert-OH is 1. The van der Waals surface area contributed by atoms with Crippen LogP contribution in [-0.2, 0) is 0 Å². The molecule has 0 aliphatic carbocycles. The van der Waals surface area contributed by atoms with Crippen molar-refractivity contribution in [3.63, 3.8) is 0 Å². The van der Waals surface area contributed by atoms with Gasteiger partial charge in [-0.3, -0.25) is 0 Å². The van der Waals surface area contributed by atoms with Crippen LogP contribution in [0.5, 0.6) is 11.5 Å². The van der Waals surface area contributed by atoms with E-state index >= 15 is 0 Å². The summed E-state index contributed by atoms with van der Waals surface area (Å²) in [6.45, 7) is 1.50. The van der Waals surface area contributed by atoms with Gasteiger partial charge in [-0.15, -0.1) is 0 Å². The zero-order valence-electron chi connectivity index (χ0n) is 10.0. The molecule has 2 aromatic rings. The summed E-state index contributed by atoms with van der Waals surface area (Å²) < 4.78 is 32.7. The number of rotatable bonds is 3. The van der Waals surface area contributed by atoms with Crippen molar-refractivity contribution in [1.29, 1.82) is 0 Å². The number of hydrogen-bond acceptors (Lipinski definition) is 2. The fraction of sp³-hybridized carbons (Fsp3) is 0.143. The highest BCUT2D eigenvalue weighted by Gasteiger charge is 2.15. The van der Waals surface area contributed by atoms with Gasteiger partial charge in [0.15, 0.2) is 11.6 Å². The van der Waals surface area contributed by atoms with Crippen molar-refractivity contribution in [3.8, 4) is 11.5 Å². The van der Waals surface area contributed by atoms with E-state index in [4.69, 9.17) is 4.74 Å². The molecule has 0 fully saturated rings. The average molecular weight is 329 g/mol. The van der Waals surface area contributed by atoms with Gasteiger partial charge >= 0.3 is 0 Å². The summed E-state index contributed by atoms with van der Waals surface area (Å²) in [5.74, 6) is -1.05. The summed E-state index contributed by atoms with van der Waals surface area (Å²) >= 11 is 3.02. The normalized spacial score (nSPS) is 12.3. The molecule has 0 spiro atoms. The minimum Gasteiger partial charge on any atom is -0.454 e. The van der Waals surface area contributed by atoms with Crippen molar-refractivity contribution >= 4 is 15.9 Å². The Hall–Kier alpha value is -1.46. The van der Waals surface area contributed by atoms with E-state index < -0.39 is 17.7 Å². The van der Waals surface area contributed by atoms with Gasteiger partial charge in [0, 0.05) is 11.6 Å². The first-order chi connectivity index (χ1) is 8.99. The third-order valence-electron chi connectivity index (χ3n) is 2.56. The van der Waals surface area contributed by atoms with Crippen LogP contribution in [0.15, 0.2) is 40.9 Å². The Kier molecular flexibility index (Phi) is 4.17. The Morgan fingerprint density at radius 2 is 1.89 bits per heavy atom. The first kappa shape index (κ1) is 14.0. The summed E-state index contributed by atoms with van der Waals surface area (Å²) in [5, 5.41) is 9.58. The lowest BCUT2D eigenvalue weighted by Gasteiger charge is -2.14. The lowest BCUT2D eigenvalue weighted by molar-refractivity contribution is 0.194. The summed E-state index contributed by atoms with van der Waals surface area (Å²) in [6.07, 6.45) is -0.883. The van der Waals surface area contributed by atoms with Gasteiger partial charge in [-0.25, -0.2) is 8.78 Å². The predicted octanol–water partition coefficient (Wildman–Crippen LogP) is 4.57. The second kappa shape index (κ2) is 5.67. The van der Waals surface area contributed by atoms with Gasteiger partial charge in [0.05, 0.1) is 10.6 Å². The molecule has 100 valence electrons. The molecule has 0 amide bonds. The van der Waals surface area contributed by atoms with Gasteiger partial charge in [0.1, 0.15) is 11.6 Å². The summed E-state index contributed by atoms with van der Waals surface area (Å²) in [4.78, 5) is 0. The molecule has 0 bridgehead atoms. The SMILES string of the molecule is C[C@@H](O)c1cccc(F)c1Oc1ccc(Br)c(F)c1. The first-order valence-corrected chi connectivity index (χ1v) is 6.37. The van der Waals surface area contributed by atoms with Crippen LogP contribution in [0.2, 0.25) is 0 Å². The first-order valence-electron chi connectivity index (χ1n) is 5.58. The monoisotopic (exact) mass is 328 g/mol. The van der Waals surface area contributed by atoms with Crippen LogP contribution in [-0.4, -0.2) is 5.11 Å². The summed E-state index contributed by atoms with van der Waals surface area (Å²) in [6, 6.07) is 8.36. The van der Waals surface area contributed by atoms with Crippen LogP contribution in [0, 0.1) is 11.6 Å². The summed E-state index contributed by atoms with van der Waals surface area (Å²) in [5.41, 5.74) is 0.309. The molecule has 1 N–H and O–H groups in total. The zero-order valence-corrected chi connectivity index (χ0v) is 11.6. The maximum Gasteiger partial charge on any atom is 0.168 e. The number of aliphatic hydroxyl groups is 1. The van der Waals surface area contributed by atoms with Gasteiger partial charge in [0.2, 0.25) is 0 Å². The van der Waals surface area contributed by atoms with Crippen molar-refractivity contribution < 1.29 is 18.6 Å². The van der Waals surface area contributed by atoms with E-state index in [1.165, 1.54) is 31.2 Å². The van der Waals surface area contributed by atoms with Crippen LogP contribution in [0.1, 0.15) is 18.6 Å². The van der Waals surface area contributed by atoms with Gasteiger partial charge in [-0.1, -0.05) is 12.1 Å². The van der Waals surface area contributed by atoms with Crippen LogP contribution < -0.4 is 4.74 Å². The van der Waals surface area contributed by atoms with Gasteiger partial charge in [0.25, 0.3) is 0 Å². The van der Waals surface area contributed by atoms with E-state index in [1.54, 1.807) is 6.07 Å². The molecule has 2 rings (SSSR count). The average Bonchev–Trinajstić information content (AvgIpc) is 2.36. The van der Waals surface area contributed by atoms with Crippen molar-refractivity contribution in [2.24, 2.45) is 0 Å². The Balaban J connectivity index is 2.40. The Labute approximate surface area is 117 Å². The highest BCUT2D eigenvalue weighted by atomic mass is 79.9. The molecule has 2 aromatic carbocycles. The fourth-order valence-corrected chi connectivity index (χ4v) is 1.87. The second-order valence-electron chi connectivity index (χ2n) is 4.01. The van der Waals surface area contributed by atoms with Crippen molar-refractivity contribution in [2.45, 2.75) is 13.0 Å². The molecule has 0 saturated carbocycles. The molecule has 0 heterocycles. The molecule has 0 aliphatic rings. The minimum atomic E-state index is -0.883. The standard InChI is InChI=1S/C14H11BrF2O2/c1-8(18)10-3-2-4-12(16)14(10)19-9-5-6-11(15)13(17)7-9/h2-8,18H,1H3/t8-/m1/s1. The highest BCUT2D eigenvalue weighted by Crippen LogP contribution is 2.33. The van der Waals surface area contributed by atoms with E-state index in [9.17, 15) is 13.9 Å². The molecule has 0 aromatic heterocycles. The van der Waals surface area contributed by atoms with E-state index in [2.05, 4.69) is 15.9 Å². The molecule has 1 atom stereocenters. The van der Waals surface area contributed by atoms with E-state index in [-0.39, 0.29) is 11.5 Å². The maximum absolute atomic E-state index is 13.7. The fourth-order valence-electron chi connectivity index (χ4n) is 1.62. The molecule has 0 unspecified atom stereocenters. The highest BCUT2D eigenvalue weighted by molar-refractivity contribution is 9.10. The molecule has 2 nitrogen and oxygen atoms in total. The summed E-state index contributed by atoms with van der Waals surface area (Å²) in [7, 11) is 0. The van der Waals surface area contributed by atoms with Crippen LogP contribution in [0.3, 0.4) is 0 Å². The van der Waals surface area contributed by atoms with Crippen LogP contribution >= 0.6 is 15.9 Å². The smallest absolute Gasteiger partial charge is 0.168 e. The molecule has 5 heteroatoms. The number of para-hydroxylation sites is 1. The molecule has 0 saturated heterocycles. The number of benzene rings is 2. The third kappa shape index (κ3) is 3.11. The van der Waals surface area contributed by atoms with E-state index in [0.29, 0.717) is 10.0 Å². The maximum atomic E-state index is 13.7. The Morgan fingerprint density at radius 3 is 2.53 bits per heavy atom. The van der Waals surface area contributed by atoms with E-state index in [0.717, 1.165) is 6.07 Å². The topological polar surface area (TPSA) is 29.5 Å². The van der Waals surface area contributed by atoms with Gasteiger partial charge in [-0.2, -0.15) is 0 Å². The quantitative estimate of drug-likeness (QED) is 0.894. The van der Waals surface area contributed by atoms with Crippen molar-refractivity contribution in [2.75, 3.05) is 0 Å². The number of halogens is 3. The van der Waals surface area contributed by atoms with Crippen LogP contribution in [0.25, 0.3) is 0 Å². The molecular formula is C14H11BrF2O2. The Bertz CT molecular complexity index is 600. The van der Waals surface area contributed by atoms with E-state index in [1.807, 2.05) is 0 Å². The lowest BCUT2D eigenvalue weighted by Crippen LogP contribution is -1.99. The predicted molar refractivity (Wildman–Crippen MR) is 71.2 cm³/mol. The Morgan fingerprint density at radius 1 is 1.16 bits per heavy atom. The number of ether oxygens (including phenoxy) is 1. The lowest BCUT2D eigenvalue weighted by atomic mass is 10.1. The molecule has 0 aliphatic heterocycles. The molecule has 0 radical (unpaired) electrons. The van der Waals surface area contributed by atoms with Crippen LogP contribution in [0.4, 0.5) is 8.78 Å².